The van der Waals surface area contributed by atoms with Crippen LogP contribution in [0.3, 0.4) is 0 Å². The quantitative estimate of drug-likeness (QED) is 0.526. The third kappa shape index (κ3) is 6.01. The molecule has 0 saturated heterocycles. The highest BCUT2D eigenvalue weighted by Crippen LogP contribution is 2.23. The van der Waals surface area contributed by atoms with E-state index in [9.17, 15) is 18.0 Å². The minimum absolute atomic E-state index is 0.158. The second-order valence-electron chi connectivity index (χ2n) is 7.41. The third-order valence-electron chi connectivity index (χ3n) is 4.55. The molecule has 0 aliphatic carbocycles. The van der Waals surface area contributed by atoms with Gasteiger partial charge in [0.2, 0.25) is 5.09 Å². The van der Waals surface area contributed by atoms with Crippen LogP contribution in [0.5, 0.6) is 11.5 Å². The molecule has 0 radical (unpaired) electrons. The Morgan fingerprint density at radius 2 is 1.66 bits per heavy atom. The normalized spacial score (nSPS) is 12.5. The third-order valence-corrected chi connectivity index (χ3v) is 6.24. The summed E-state index contributed by atoms with van der Waals surface area (Å²) in [6.45, 7) is 3.23. The number of esters is 1. The van der Waals surface area contributed by atoms with E-state index in [2.05, 4.69) is 5.32 Å². The smallest absolute Gasteiger partial charge is 0.329 e. The number of nitrogens with zero attached hydrogens (tertiary/aromatic N) is 1. The molecule has 0 bridgehead atoms. The van der Waals surface area contributed by atoms with Crippen molar-refractivity contribution in [1.82, 2.24) is 9.62 Å². The molecular formula is C21H28N2O8S. The number of rotatable bonds is 10. The SMILES string of the molecule is COc1cc(OC)cc(C(=O)N[C@H](C(=O)OCc2ccc(S(=O)(=O)N(C)C)o2)C(C)C)c1. The second kappa shape index (κ2) is 10.5. The average molecular weight is 469 g/mol. The first-order valence-corrected chi connectivity index (χ1v) is 11.2. The predicted molar refractivity (Wildman–Crippen MR) is 115 cm³/mol. The monoisotopic (exact) mass is 468 g/mol. The zero-order valence-electron chi connectivity index (χ0n) is 18.9. The van der Waals surface area contributed by atoms with E-state index in [0.29, 0.717) is 11.5 Å². The molecule has 10 nitrogen and oxygen atoms in total. The van der Waals surface area contributed by atoms with E-state index in [-0.39, 0.29) is 28.9 Å². The number of nitrogens with one attached hydrogen (secondary N) is 1. The molecule has 0 unspecified atom stereocenters. The minimum Gasteiger partial charge on any atom is -0.497 e. The van der Waals surface area contributed by atoms with Gasteiger partial charge in [-0.2, -0.15) is 0 Å². The van der Waals surface area contributed by atoms with Gasteiger partial charge in [0.15, 0.2) is 0 Å². The maximum Gasteiger partial charge on any atom is 0.329 e. The van der Waals surface area contributed by atoms with Gasteiger partial charge >= 0.3 is 5.97 Å². The zero-order valence-corrected chi connectivity index (χ0v) is 19.7. The fraction of sp³-hybridized carbons (Fsp3) is 0.429. The number of methoxy groups -OCH3 is 2. The van der Waals surface area contributed by atoms with Gasteiger partial charge in [-0.1, -0.05) is 13.8 Å². The summed E-state index contributed by atoms with van der Waals surface area (Å²) in [5.74, 6) is -0.448. The van der Waals surface area contributed by atoms with Crippen LogP contribution in [0.15, 0.2) is 39.8 Å². The van der Waals surface area contributed by atoms with E-state index in [1.54, 1.807) is 19.9 Å². The van der Waals surface area contributed by atoms with Gasteiger partial charge in [0.1, 0.15) is 29.9 Å². The summed E-state index contributed by atoms with van der Waals surface area (Å²) in [5.41, 5.74) is 0.254. The molecule has 0 spiro atoms. The number of ether oxygens (including phenoxy) is 3. The van der Waals surface area contributed by atoms with Crippen LogP contribution in [-0.4, -0.2) is 59.0 Å². The van der Waals surface area contributed by atoms with Crippen LogP contribution in [0.1, 0.15) is 30.0 Å². The van der Waals surface area contributed by atoms with E-state index < -0.39 is 27.9 Å². The molecule has 11 heteroatoms. The molecule has 1 aromatic carbocycles. The van der Waals surface area contributed by atoms with Gasteiger partial charge in [0, 0.05) is 25.7 Å². The van der Waals surface area contributed by atoms with Gasteiger partial charge in [-0.3, -0.25) is 4.79 Å². The fourth-order valence-electron chi connectivity index (χ4n) is 2.65. The standard InChI is InChI=1S/C21H28N2O8S/c1-13(2)19(22-20(24)14-9-16(28-5)11-17(10-14)29-6)21(25)30-12-15-7-8-18(31-15)32(26,27)23(3)4/h7-11,13,19H,12H2,1-6H3,(H,22,24)/t19-/m0/s1. The zero-order chi connectivity index (χ0) is 24.1. The Kier molecular flexibility index (Phi) is 8.28. The molecule has 1 heterocycles. The van der Waals surface area contributed by atoms with Crippen LogP contribution >= 0.6 is 0 Å². The molecule has 0 aliphatic heterocycles. The molecule has 32 heavy (non-hydrogen) atoms. The van der Waals surface area contributed by atoms with Gasteiger partial charge in [0.05, 0.1) is 14.2 Å². The summed E-state index contributed by atoms with van der Waals surface area (Å²) in [5, 5.41) is 2.40. The van der Waals surface area contributed by atoms with Crippen molar-refractivity contribution in [3.8, 4) is 11.5 Å². The van der Waals surface area contributed by atoms with Crippen molar-refractivity contribution in [2.45, 2.75) is 31.6 Å². The molecular weight excluding hydrogens is 440 g/mol. The Hall–Kier alpha value is -3.05. The van der Waals surface area contributed by atoms with Crippen molar-refractivity contribution < 1.29 is 36.6 Å². The number of benzene rings is 1. The first-order chi connectivity index (χ1) is 15.0. The summed E-state index contributed by atoms with van der Waals surface area (Å²) >= 11 is 0. The molecule has 0 aliphatic rings. The molecule has 2 aromatic rings. The number of carbonyl (C=O) groups is 2. The van der Waals surface area contributed by atoms with Crippen molar-refractivity contribution in [3.63, 3.8) is 0 Å². The first kappa shape index (κ1) is 25.2. The predicted octanol–water partition coefficient (Wildman–Crippen LogP) is 2.04. The van der Waals surface area contributed by atoms with Crippen molar-refractivity contribution in [2.75, 3.05) is 28.3 Å². The Labute approximate surface area is 187 Å². The van der Waals surface area contributed by atoms with E-state index >= 15 is 0 Å². The van der Waals surface area contributed by atoms with Crippen LogP contribution in [0, 0.1) is 5.92 Å². The molecule has 176 valence electrons. The molecule has 0 saturated carbocycles. The Balaban J connectivity index is 2.09. The van der Waals surface area contributed by atoms with Crippen LogP contribution in [-0.2, 0) is 26.2 Å². The lowest BCUT2D eigenvalue weighted by molar-refractivity contribution is -0.149. The maximum absolute atomic E-state index is 12.7. The van der Waals surface area contributed by atoms with Crippen LogP contribution in [0.2, 0.25) is 0 Å². The number of hydrogen-bond acceptors (Lipinski definition) is 8. The highest BCUT2D eigenvalue weighted by molar-refractivity contribution is 7.88. The lowest BCUT2D eigenvalue weighted by Crippen LogP contribution is -2.45. The van der Waals surface area contributed by atoms with E-state index in [1.165, 1.54) is 52.6 Å². The van der Waals surface area contributed by atoms with E-state index in [0.717, 1.165) is 4.31 Å². The molecule has 2 rings (SSSR count). The van der Waals surface area contributed by atoms with Gasteiger partial charge in [0.25, 0.3) is 15.9 Å². The van der Waals surface area contributed by atoms with Crippen LogP contribution in [0.25, 0.3) is 0 Å². The lowest BCUT2D eigenvalue weighted by Gasteiger charge is -2.21. The van der Waals surface area contributed by atoms with E-state index in [1.807, 2.05) is 0 Å². The largest absolute Gasteiger partial charge is 0.497 e. The summed E-state index contributed by atoms with van der Waals surface area (Å²) in [7, 11) is 1.96. The van der Waals surface area contributed by atoms with Crippen LogP contribution < -0.4 is 14.8 Å². The van der Waals surface area contributed by atoms with Gasteiger partial charge < -0.3 is 23.9 Å². The first-order valence-electron chi connectivity index (χ1n) is 9.71. The lowest BCUT2D eigenvalue weighted by atomic mass is 10.0. The highest BCUT2D eigenvalue weighted by atomic mass is 32.2. The van der Waals surface area contributed by atoms with Crippen molar-refractivity contribution >= 4 is 21.9 Å². The maximum atomic E-state index is 12.7. The minimum atomic E-state index is -3.73. The average Bonchev–Trinajstić information content (AvgIpc) is 3.24. The molecule has 1 N–H and O–H groups in total. The summed E-state index contributed by atoms with van der Waals surface area (Å²) in [6, 6.07) is 6.43. The van der Waals surface area contributed by atoms with Gasteiger partial charge in [-0.15, -0.1) is 0 Å². The van der Waals surface area contributed by atoms with E-state index in [4.69, 9.17) is 18.6 Å². The Morgan fingerprint density at radius 1 is 1.06 bits per heavy atom. The Bertz CT molecular complexity index is 1040. The summed E-state index contributed by atoms with van der Waals surface area (Å²) in [6.07, 6.45) is 0. The number of hydrogen-bond donors (Lipinski definition) is 1. The molecule has 0 fully saturated rings. The van der Waals surface area contributed by atoms with Crippen molar-refractivity contribution in [3.05, 3.63) is 41.7 Å². The highest BCUT2D eigenvalue weighted by Gasteiger charge is 2.27. The number of furan rings is 1. The number of sulfonamides is 1. The summed E-state index contributed by atoms with van der Waals surface area (Å²) in [4.78, 5) is 25.4. The fourth-order valence-corrected chi connectivity index (χ4v) is 3.46. The van der Waals surface area contributed by atoms with Crippen molar-refractivity contribution in [2.24, 2.45) is 5.92 Å². The number of carbonyl (C=O) groups excluding carboxylic acids is 2. The molecule has 1 amide bonds. The topological polar surface area (TPSA) is 124 Å². The van der Waals surface area contributed by atoms with Crippen molar-refractivity contribution in [1.29, 1.82) is 0 Å². The molecule has 1 aromatic heterocycles. The molecule has 1 atom stereocenters. The summed E-state index contributed by atoms with van der Waals surface area (Å²) < 4.78 is 46.1. The van der Waals surface area contributed by atoms with Gasteiger partial charge in [-0.05, 0) is 30.2 Å². The van der Waals surface area contributed by atoms with Gasteiger partial charge in [-0.25, -0.2) is 17.5 Å². The second-order valence-corrected chi connectivity index (χ2v) is 9.50. The van der Waals surface area contributed by atoms with Crippen LogP contribution in [0.4, 0.5) is 0 Å². The Morgan fingerprint density at radius 3 is 2.16 bits per heavy atom. The number of amides is 1.